The van der Waals surface area contributed by atoms with Crippen LogP contribution in [0.5, 0.6) is 0 Å². The first kappa shape index (κ1) is 14.9. The predicted molar refractivity (Wildman–Crippen MR) is 69.7 cm³/mol. The molecule has 2 atom stereocenters. The minimum atomic E-state index is -4.46. The van der Waals surface area contributed by atoms with E-state index in [0.717, 1.165) is 6.07 Å². The van der Waals surface area contributed by atoms with Crippen LogP contribution in [0.2, 0.25) is 0 Å². The summed E-state index contributed by atoms with van der Waals surface area (Å²) in [6.45, 7) is 0.965. The minimum absolute atomic E-state index is 0.160. The Morgan fingerprint density at radius 1 is 1.15 bits per heavy atom. The van der Waals surface area contributed by atoms with Gasteiger partial charge < -0.3 is 20.1 Å². The molecule has 1 saturated heterocycles. The van der Waals surface area contributed by atoms with Crippen molar-refractivity contribution in [1.29, 1.82) is 0 Å². The molecule has 1 heterocycles. The first-order valence-corrected chi connectivity index (χ1v) is 6.14. The predicted octanol–water partition coefficient (Wildman–Crippen LogP) is 2.14. The van der Waals surface area contributed by atoms with Gasteiger partial charge in [-0.15, -0.1) is 0 Å². The van der Waals surface area contributed by atoms with Gasteiger partial charge in [-0.3, -0.25) is 0 Å². The van der Waals surface area contributed by atoms with E-state index in [1.165, 1.54) is 6.07 Å². The maximum atomic E-state index is 12.9. The summed E-state index contributed by atoms with van der Waals surface area (Å²) in [5.74, 6) is 0. The van der Waals surface area contributed by atoms with Gasteiger partial charge in [0.25, 0.3) is 0 Å². The van der Waals surface area contributed by atoms with Crippen molar-refractivity contribution >= 4 is 11.4 Å². The quantitative estimate of drug-likeness (QED) is 0.866. The molecule has 2 unspecified atom stereocenters. The van der Waals surface area contributed by atoms with Gasteiger partial charge in [0, 0.05) is 38.7 Å². The second-order valence-corrected chi connectivity index (χ2v) is 4.72. The summed E-state index contributed by atoms with van der Waals surface area (Å²) in [7, 11) is 3.12. The average Bonchev–Trinajstić information content (AvgIpc) is 2.81. The molecule has 112 valence electrons. The first-order valence-electron chi connectivity index (χ1n) is 6.14. The van der Waals surface area contributed by atoms with Gasteiger partial charge in [0.1, 0.15) is 12.2 Å². The van der Waals surface area contributed by atoms with Crippen molar-refractivity contribution in [2.75, 3.05) is 37.9 Å². The third-order valence-corrected chi connectivity index (χ3v) is 3.53. The molecule has 7 heteroatoms. The molecule has 2 rings (SSSR count). The third-order valence-electron chi connectivity index (χ3n) is 3.53. The molecule has 0 aliphatic carbocycles. The number of benzene rings is 1. The van der Waals surface area contributed by atoms with Crippen LogP contribution in [0.25, 0.3) is 0 Å². The number of methoxy groups -OCH3 is 2. The second-order valence-electron chi connectivity index (χ2n) is 4.72. The van der Waals surface area contributed by atoms with Crippen molar-refractivity contribution in [3.63, 3.8) is 0 Å². The molecule has 2 N–H and O–H groups in total. The number of hydrogen-bond donors (Lipinski definition) is 1. The number of ether oxygens (including phenoxy) is 2. The number of hydrogen-bond acceptors (Lipinski definition) is 4. The summed E-state index contributed by atoms with van der Waals surface area (Å²) in [6, 6.07) is 3.93. The zero-order valence-electron chi connectivity index (χ0n) is 11.3. The van der Waals surface area contributed by atoms with Gasteiger partial charge in [-0.05, 0) is 18.2 Å². The maximum Gasteiger partial charge on any atom is 0.418 e. The molecular formula is C13H17F3N2O2. The van der Waals surface area contributed by atoms with Crippen LogP contribution < -0.4 is 10.6 Å². The zero-order chi connectivity index (χ0) is 14.9. The number of nitrogens with zero attached hydrogens (tertiary/aromatic N) is 1. The van der Waals surface area contributed by atoms with E-state index in [1.54, 1.807) is 25.2 Å². The minimum Gasteiger partial charge on any atom is -0.398 e. The Morgan fingerprint density at radius 2 is 1.70 bits per heavy atom. The Morgan fingerprint density at radius 3 is 2.15 bits per heavy atom. The van der Waals surface area contributed by atoms with Crippen LogP contribution in [-0.2, 0) is 15.7 Å². The van der Waals surface area contributed by atoms with Gasteiger partial charge in [0.2, 0.25) is 0 Å². The largest absolute Gasteiger partial charge is 0.418 e. The van der Waals surface area contributed by atoms with Crippen LogP contribution in [0.3, 0.4) is 0 Å². The number of halogens is 3. The SMILES string of the molecule is COC1CN(c2ccc(N)c(C(F)(F)F)c2)CC1OC. The van der Waals surface area contributed by atoms with E-state index in [1.807, 2.05) is 0 Å². The lowest BCUT2D eigenvalue weighted by atomic mass is 10.1. The summed E-state index contributed by atoms with van der Waals surface area (Å²) in [5.41, 5.74) is 4.77. The smallest absolute Gasteiger partial charge is 0.398 e. The van der Waals surface area contributed by atoms with E-state index in [4.69, 9.17) is 15.2 Å². The van der Waals surface area contributed by atoms with E-state index in [-0.39, 0.29) is 17.9 Å². The molecule has 0 aromatic heterocycles. The molecule has 1 aromatic rings. The highest BCUT2D eigenvalue weighted by atomic mass is 19.4. The third kappa shape index (κ3) is 2.83. The Kier molecular flexibility index (Phi) is 4.10. The van der Waals surface area contributed by atoms with Crippen LogP contribution in [0.4, 0.5) is 24.5 Å². The molecule has 0 spiro atoms. The highest BCUT2D eigenvalue weighted by Crippen LogP contribution is 2.36. The van der Waals surface area contributed by atoms with Crippen molar-refractivity contribution in [1.82, 2.24) is 0 Å². The fourth-order valence-corrected chi connectivity index (χ4v) is 2.39. The number of anilines is 2. The van der Waals surface area contributed by atoms with Crippen LogP contribution in [0.1, 0.15) is 5.56 Å². The van der Waals surface area contributed by atoms with Gasteiger partial charge >= 0.3 is 6.18 Å². The molecule has 0 saturated carbocycles. The van der Waals surface area contributed by atoms with Crippen LogP contribution >= 0.6 is 0 Å². The van der Waals surface area contributed by atoms with Gasteiger partial charge in [0.05, 0.1) is 5.56 Å². The summed E-state index contributed by atoms with van der Waals surface area (Å²) in [4.78, 5) is 1.80. The lowest BCUT2D eigenvalue weighted by molar-refractivity contribution is -0.136. The van der Waals surface area contributed by atoms with E-state index < -0.39 is 11.7 Å². The molecule has 0 bridgehead atoms. The second kappa shape index (κ2) is 5.49. The topological polar surface area (TPSA) is 47.7 Å². The summed E-state index contributed by atoms with van der Waals surface area (Å²) < 4.78 is 49.1. The van der Waals surface area contributed by atoms with Crippen molar-refractivity contribution in [3.05, 3.63) is 23.8 Å². The lowest BCUT2D eigenvalue weighted by Gasteiger charge is -2.20. The van der Waals surface area contributed by atoms with E-state index in [9.17, 15) is 13.2 Å². The van der Waals surface area contributed by atoms with E-state index in [2.05, 4.69) is 0 Å². The van der Waals surface area contributed by atoms with Gasteiger partial charge in [0.15, 0.2) is 0 Å². The van der Waals surface area contributed by atoms with Crippen LogP contribution in [-0.4, -0.2) is 39.5 Å². The van der Waals surface area contributed by atoms with E-state index >= 15 is 0 Å². The van der Waals surface area contributed by atoms with E-state index in [0.29, 0.717) is 18.8 Å². The Balaban J connectivity index is 2.27. The summed E-state index contributed by atoms with van der Waals surface area (Å²) >= 11 is 0. The molecule has 0 radical (unpaired) electrons. The summed E-state index contributed by atoms with van der Waals surface area (Å²) in [6.07, 6.45) is -4.78. The summed E-state index contributed by atoms with van der Waals surface area (Å²) in [5, 5.41) is 0. The van der Waals surface area contributed by atoms with Crippen molar-refractivity contribution in [3.8, 4) is 0 Å². The van der Waals surface area contributed by atoms with Crippen molar-refractivity contribution < 1.29 is 22.6 Å². The Hall–Kier alpha value is -1.47. The Labute approximate surface area is 115 Å². The monoisotopic (exact) mass is 290 g/mol. The number of nitrogen functional groups attached to an aromatic ring is 1. The molecule has 0 amide bonds. The molecule has 1 aliphatic heterocycles. The zero-order valence-corrected chi connectivity index (χ0v) is 11.3. The lowest BCUT2D eigenvalue weighted by Crippen LogP contribution is -2.27. The first-order chi connectivity index (χ1) is 9.36. The highest BCUT2D eigenvalue weighted by Gasteiger charge is 2.36. The van der Waals surface area contributed by atoms with Crippen LogP contribution in [0.15, 0.2) is 18.2 Å². The van der Waals surface area contributed by atoms with Crippen molar-refractivity contribution in [2.24, 2.45) is 0 Å². The maximum absolute atomic E-state index is 12.9. The number of nitrogens with two attached hydrogens (primary N) is 1. The Bertz CT molecular complexity index is 467. The highest BCUT2D eigenvalue weighted by molar-refractivity contribution is 5.60. The molecule has 4 nitrogen and oxygen atoms in total. The average molecular weight is 290 g/mol. The fraction of sp³-hybridized carbons (Fsp3) is 0.538. The molecule has 1 aliphatic rings. The molecule has 1 fully saturated rings. The normalized spacial score (nSPS) is 23.4. The van der Waals surface area contributed by atoms with Crippen molar-refractivity contribution in [2.45, 2.75) is 18.4 Å². The number of rotatable bonds is 3. The van der Waals surface area contributed by atoms with Gasteiger partial charge in [-0.2, -0.15) is 13.2 Å². The standard InChI is InChI=1S/C13H17F3N2O2/c1-19-11-6-18(7-12(11)20-2)8-3-4-10(17)9(5-8)13(14,15)16/h3-5,11-12H,6-7,17H2,1-2H3. The van der Waals surface area contributed by atoms with Gasteiger partial charge in [-0.25, -0.2) is 0 Å². The van der Waals surface area contributed by atoms with Crippen LogP contribution in [0, 0.1) is 0 Å². The molecular weight excluding hydrogens is 273 g/mol. The fourth-order valence-electron chi connectivity index (χ4n) is 2.39. The molecule has 20 heavy (non-hydrogen) atoms. The van der Waals surface area contributed by atoms with Gasteiger partial charge in [-0.1, -0.05) is 0 Å². The molecule has 1 aromatic carbocycles. The number of alkyl halides is 3.